The molecule has 2 rings (SSSR count). The molecular formula is C20H26N4O2. The van der Waals surface area contributed by atoms with Gasteiger partial charge in [0.25, 0.3) is 5.69 Å². The Morgan fingerprint density at radius 2 is 1.85 bits per heavy atom. The molecule has 0 saturated carbocycles. The molecule has 138 valence electrons. The number of nitrogens with zero attached hydrogens (tertiary/aromatic N) is 2. The highest BCUT2D eigenvalue weighted by Gasteiger charge is 2.12. The summed E-state index contributed by atoms with van der Waals surface area (Å²) >= 11 is 0. The molecule has 0 bridgehead atoms. The molecule has 6 heteroatoms. The molecule has 1 unspecified atom stereocenters. The minimum atomic E-state index is -0.367. The SMILES string of the molecule is CCNC(=NCc1ccccc1[N+](=O)[O-])NC(C)CCc1ccccc1. The summed E-state index contributed by atoms with van der Waals surface area (Å²) in [7, 11) is 0. The lowest BCUT2D eigenvalue weighted by Crippen LogP contribution is -2.42. The van der Waals surface area contributed by atoms with E-state index in [0.29, 0.717) is 11.5 Å². The molecule has 0 radical (unpaired) electrons. The average Bonchev–Trinajstić information content (AvgIpc) is 2.65. The number of aryl methyl sites for hydroxylation is 1. The van der Waals surface area contributed by atoms with Crippen molar-refractivity contribution in [3.05, 3.63) is 75.8 Å². The van der Waals surface area contributed by atoms with Gasteiger partial charge in [0.05, 0.1) is 17.0 Å². The van der Waals surface area contributed by atoms with Crippen molar-refractivity contribution in [1.82, 2.24) is 10.6 Å². The van der Waals surface area contributed by atoms with Crippen molar-refractivity contribution in [2.45, 2.75) is 39.3 Å². The summed E-state index contributed by atoms with van der Waals surface area (Å²) < 4.78 is 0. The minimum Gasteiger partial charge on any atom is -0.357 e. The lowest BCUT2D eigenvalue weighted by Gasteiger charge is -2.18. The van der Waals surface area contributed by atoms with Crippen LogP contribution in [0.4, 0.5) is 5.69 Å². The van der Waals surface area contributed by atoms with E-state index in [1.807, 2.05) is 25.1 Å². The normalized spacial score (nSPS) is 12.5. The van der Waals surface area contributed by atoms with E-state index in [4.69, 9.17) is 0 Å². The van der Waals surface area contributed by atoms with Gasteiger partial charge >= 0.3 is 0 Å². The van der Waals surface area contributed by atoms with Crippen molar-refractivity contribution in [3.63, 3.8) is 0 Å². The fourth-order valence-electron chi connectivity index (χ4n) is 2.64. The van der Waals surface area contributed by atoms with Crippen LogP contribution in [-0.4, -0.2) is 23.5 Å². The van der Waals surface area contributed by atoms with Gasteiger partial charge in [-0.2, -0.15) is 0 Å². The van der Waals surface area contributed by atoms with Gasteiger partial charge in [-0.1, -0.05) is 48.5 Å². The number of hydrogen-bond acceptors (Lipinski definition) is 3. The average molecular weight is 354 g/mol. The number of guanidine groups is 1. The number of benzene rings is 2. The molecule has 0 aliphatic rings. The second kappa shape index (κ2) is 10.2. The summed E-state index contributed by atoms with van der Waals surface area (Å²) in [5.74, 6) is 0.672. The first-order valence-electron chi connectivity index (χ1n) is 8.91. The van der Waals surface area contributed by atoms with E-state index < -0.39 is 0 Å². The van der Waals surface area contributed by atoms with Gasteiger partial charge in [0.1, 0.15) is 0 Å². The maximum Gasteiger partial charge on any atom is 0.274 e. The zero-order chi connectivity index (χ0) is 18.8. The molecule has 26 heavy (non-hydrogen) atoms. The van der Waals surface area contributed by atoms with E-state index in [-0.39, 0.29) is 23.2 Å². The molecule has 0 fully saturated rings. The third-order valence-electron chi connectivity index (χ3n) is 4.03. The molecule has 6 nitrogen and oxygen atoms in total. The number of nitro groups is 1. The van der Waals surface area contributed by atoms with Crippen molar-refractivity contribution in [2.24, 2.45) is 4.99 Å². The Morgan fingerprint density at radius 1 is 1.15 bits per heavy atom. The third-order valence-corrected chi connectivity index (χ3v) is 4.03. The van der Waals surface area contributed by atoms with Crippen LogP contribution in [0.2, 0.25) is 0 Å². The molecule has 0 saturated heterocycles. The topological polar surface area (TPSA) is 79.6 Å². The number of rotatable bonds is 8. The molecule has 0 spiro atoms. The quantitative estimate of drug-likeness (QED) is 0.328. The van der Waals surface area contributed by atoms with E-state index in [0.717, 1.165) is 19.4 Å². The number of nitrogens with one attached hydrogen (secondary N) is 2. The fourth-order valence-corrected chi connectivity index (χ4v) is 2.64. The van der Waals surface area contributed by atoms with Gasteiger partial charge < -0.3 is 10.6 Å². The molecule has 2 aromatic rings. The second-order valence-corrected chi connectivity index (χ2v) is 6.15. The van der Waals surface area contributed by atoms with Gasteiger partial charge in [-0.25, -0.2) is 4.99 Å². The highest BCUT2D eigenvalue weighted by molar-refractivity contribution is 5.80. The van der Waals surface area contributed by atoms with Crippen molar-refractivity contribution in [1.29, 1.82) is 0 Å². The van der Waals surface area contributed by atoms with Crippen molar-refractivity contribution >= 4 is 11.6 Å². The smallest absolute Gasteiger partial charge is 0.274 e. The molecule has 0 aromatic heterocycles. The lowest BCUT2D eigenvalue weighted by molar-refractivity contribution is -0.385. The van der Waals surface area contributed by atoms with E-state index >= 15 is 0 Å². The molecule has 0 amide bonds. The van der Waals surface area contributed by atoms with Gasteiger partial charge in [-0.15, -0.1) is 0 Å². The molecule has 0 heterocycles. The van der Waals surface area contributed by atoms with Crippen LogP contribution in [0.1, 0.15) is 31.4 Å². The van der Waals surface area contributed by atoms with Gasteiger partial charge in [-0.3, -0.25) is 10.1 Å². The third kappa shape index (κ3) is 6.20. The largest absolute Gasteiger partial charge is 0.357 e. The second-order valence-electron chi connectivity index (χ2n) is 6.15. The summed E-state index contributed by atoms with van der Waals surface area (Å²) in [6.07, 6.45) is 1.96. The van der Waals surface area contributed by atoms with Gasteiger partial charge in [0, 0.05) is 18.7 Å². The van der Waals surface area contributed by atoms with E-state index in [9.17, 15) is 10.1 Å². The van der Waals surface area contributed by atoms with Crippen molar-refractivity contribution in [3.8, 4) is 0 Å². The van der Waals surface area contributed by atoms with Crippen LogP contribution in [0.25, 0.3) is 0 Å². The molecular weight excluding hydrogens is 328 g/mol. The number of aliphatic imine (C=N–C) groups is 1. The van der Waals surface area contributed by atoms with Crippen LogP contribution in [0.3, 0.4) is 0 Å². The highest BCUT2D eigenvalue weighted by atomic mass is 16.6. The summed E-state index contributed by atoms with van der Waals surface area (Å²) in [5, 5.41) is 17.7. The summed E-state index contributed by atoms with van der Waals surface area (Å²) in [4.78, 5) is 15.3. The Labute approximate surface area is 154 Å². The Bertz CT molecular complexity index is 732. The van der Waals surface area contributed by atoms with E-state index in [1.165, 1.54) is 11.6 Å². The van der Waals surface area contributed by atoms with E-state index in [1.54, 1.807) is 18.2 Å². The summed E-state index contributed by atoms with van der Waals surface area (Å²) in [6, 6.07) is 17.3. The predicted molar refractivity (Wildman–Crippen MR) is 105 cm³/mol. The first-order chi connectivity index (χ1) is 12.6. The van der Waals surface area contributed by atoms with Crippen LogP contribution >= 0.6 is 0 Å². The Balaban J connectivity index is 1.97. The van der Waals surface area contributed by atoms with Crippen LogP contribution in [-0.2, 0) is 13.0 Å². The van der Waals surface area contributed by atoms with Gasteiger partial charge in [0.15, 0.2) is 5.96 Å². The monoisotopic (exact) mass is 354 g/mol. The van der Waals surface area contributed by atoms with Crippen molar-refractivity contribution < 1.29 is 4.92 Å². The van der Waals surface area contributed by atoms with Crippen LogP contribution < -0.4 is 10.6 Å². The van der Waals surface area contributed by atoms with Crippen LogP contribution in [0, 0.1) is 10.1 Å². The van der Waals surface area contributed by atoms with Gasteiger partial charge in [0.2, 0.25) is 0 Å². The first kappa shape index (κ1) is 19.4. The Kier molecular flexibility index (Phi) is 7.61. The Hall–Kier alpha value is -2.89. The summed E-state index contributed by atoms with van der Waals surface area (Å²) in [5.41, 5.74) is 2.01. The molecule has 2 aromatic carbocycles. The summed E-state index contributed by atoms with van der Waals surface area (Å²) in [6.45, 7) is 5.10. The number of para-hydroxylation sites is 1. The molecule has 0 aliphatic carbocycles. The highest BCUT2D eigenvalue weighted by Crippen LogP contribution is 2.18. The minimum absolute atomic E-state index is 0.101. The zero-order valence-corrected chi connectivity index (χ0v) is 15.3. The first-order valence-corrected chi connectivity index (χ1v) is 8.91. The zero-order valence-electron chi connectivity index (χ0n) is 15.3. The van der Waals surface area contributed by atoms with E-state index in [2.05, 4.69) is 34.7 Å². The van der Waals surface area contributed by atoms with Gasteiger partial charge in [-0.05, 0) is 32.3 Å². The molecule has 2 N–H and O–H groups in total. The number of hydrogen-bond donors (Lipinski definition) is 2. The van der Waals surface area contributed by atoms with Crippen LogP contribution in [0.15, 0.2) is 59.6 Å². The molecule has 0 aliphatic heterocycles. The predicted octanol–water partition coefficient (Wildman–Crippen LogP) is 3.67. The standard InChI is InChI=1S/C20H26N4O2/c1-3-21-20(22-15-18-11-7-8-12-19(18)24(25)26)23-16(2)13-14-17-9-5-4-6-10-17/h4-12,16H,3,13-15H2,1-2H3,(H2,21,22,23). The maximum atomic E-state index is 11.1. The maximum absolute atomic E-state index is 11.1. The Morgan fingerprint density at radius 3 is 2.54 bits per heavy atom. The lowest BCUT2D eigenvalue weighted by atomic mass is 10.1. The van der Waals surface area contributed by atoms with Crippen LogP contribution in [0.5, 0.6) is 0 Å². The molecule has 1 atom stereocenters. The fraction of sp³-hybridized carbons (Fsp3) is 0.350. The number of nitro benzene ring substituents is 1. The van der Waals surface area contributed by atoms with Crippen molar-refractivity contribution in [2.75, 3.05) is 6.54 Å².